The molecule has 1 aromatic rings. The second kappa shape index (κ2) is 5.94. The summed E-state index contributed by atoms with van der Waals surface area (Å²) >= 11 is 0. The second-order valence-corrected chi connectivity index (χ2v) is 5.83. The van der Waals surface area contributed by atoms with Crippen molar-refractivity contribution in [1.29, 1.82) is 0 Å². The number of carbonyl (C=O) groups is 1. The molecule has 1 saturated carbocycles. The molecule has 0 spiro atoms. The van der Waals surface area contributed by atoms with Crippen LogP contribution in [0.4, 0.5) is 0 Å². The molecule has 0 bridgehead atoms. The Balaban J connectivity index is 1.68. The number of hydrogen-bond acceptors (Lipinski definition) is 3. The highest BCUT2D eigenvalue weighted by molar-refractivity contribution is 5.70. The van der Waals surface area contributed by atoms with Crippen LogP contribution >= 0.6 is 0 Å². The first-order chi connectivity index (χ1) is 9.74. The van der Waals surface area contributed by atoms with Crippen LogP contribution in [0.2, 0.25) is 0 Å². The predicted molar refractivity (Wildman–Crippen MR) is 75.4 cm³/mol. The highest BCUT2D eigenvalue weighted by Crippen LogP contribution is 2.29. The summed E-state index contributed by atoms with van der Waals surface area (Å²) in [5.74, 6) is -0.849. The summed E-state index contributed by atoms with van der Waals surface area (Å²) < 4.78 is 5.65. The minimum atomic E-state index is -0.656. The van der Waals surface area contributed by atoms with E-state index >= 15 is 0 Å². The van der Waals surface area contributed by atoms with Crippen LogP contribution in [0.25, 0.3) is 0 Å². The minimum absolute atomic E-state index is 0.192. The van der Waals surface area contributed by atoms with Crippen LogP contribution in [0.3, 0.4) is 0 Å². The molecule has 1 aliphatic heterocycles. The van der Waals surface area contributed by atoms with Gasteiger partial charge in [-0.3, -0.25) is 4.79 Å². The number of carboxylic acids is 1. The van der Waals surface area contributed by atoms with Gasteiger partial charge in [-0.05, 0) is 30.4 Å². The molecule has 3 atom stereocenters. The van der Waals surface area contributed by atoms with E-state index in [2.05, 4.69) is 23.5 Å². The second-order valence-electron chi connectivity index (χ2n) is 5.83. The van der Waals surface area contributed by atoms with Gasteiger partial charge in [0.05, 0.1) is 25.2 Å². The molecule has 1 aromatic carbocycles. The number of nitrogens with one attached hydrogen (secondary N) is 1. The third-order valence-electron chi connectivity index (χ3n) is 4.43. The molecule has 1 aliphatic carbocycles. The molecule has 3 unspecified atom stereocenters. The Morgan fingerprint density at radius 1 is 1.30 bits per heavy atom. The van der Waals surface area contributed by atoms with Crippen LogP contribution in [-0.4, -0.2) is 23.7 Å². The molecule has 1 heterocycles. The lowest BCUT2D eigenvalue weighted by Gasteiger charge is -2.34. The maximum atomic E-state index is 11.1. The number of carboxylic acid groups (broad SMARTS) is 1. The monoisotopic (exact) mass is 275 g/mol. The molecular formula is C16H21NO3. The van der Waals surface area contributed by atoms with Gasteiger partial charge in [0.15, 0.2) is 0 Å². The van der Waals surface area contributed by atoms with Crippen LogP contribution in [-0.2, 0) is 16.1 Å². The van der Waals surface area contributed by atoms with Crippen molar-refractivity contribution in [3.8, 4) is 0 Å². The van der Waals surface area contributed by atoms with E-state index in [1.165, 1.54) is 11.1 Å². The first-order valence-electron chi connectivity index (χ1n) is 7.38. The Morgan fingerprint density at radius 2 is 2.15 bits per heavy atom. The van der Waals surface area contributed by atoms with E-state index in [9.17, 15) is 4.79 Å². The maximum Gasteiger partial charge on any atom is 0.306 e. The van der Waals surface area contributed by atoms with Crippen LogP contribution < -0.4 is 5.32 Å². The smallest absolute Gasteiger partial charge is 0.306 e. The summed E-state index contributed by atoms with van der Waals surface area (Å²) in [6, 6.07) is 8.81. The third kappa shape index (κ3) is 2.86. The average Bonchev–Trinajstić information content (AvgIpc) is 2.48. The van der Waals surface area contributed by atoms with E-state index in [0.717, 1.165) is 25.7 Å². The zero-order chi connectivity index (χ0) is 13.9. The fourth-order valence-corrected chi connectivity index (χ4v) is 3.37. The Morgan fingerprint density at radius 3 is 3.00 bits per heavy atom. The quantitative estimate of drug-likeness (QED) is 0.890. The Hall–Kier alpha value is -1.39. The largest absolute Gasteiger partial charge is 0.481 e. The van der Waals surface area contributed by atoms with Gasteiger partial charge in [0.2, 0.25) is 0 Å². The molecule has 0 radical (unpaired) electrons. The Kier molecular flexibility index (Phi) is 4.03. The number of fused-ring (bicyclic) bond motifs is 1. The van der Waals surface area contributed by atoms with E-state index in [4.69, 9.17) is 9.84 Å². The lowest BCUT2D eigenvalue weighted by Crippen LogP contribution is -2.41. The number of hydrogen-bond donors (Lipinski definition) is 2. The van der Waals surface area contributed by atoms with Crippen molar-refractivity contribution in [2.45, 2.75) is 44.4 Å². The standard InChI is InChI=1S/C16H21NO3/c18-16(19)11-5-3-6-13(8-11)17-15-10-20-9-12-4-1-2-7-14(12)15/h1-2,4,7,11,13,15,17H,3,5-6,8-10H2,(H,18,19). The molecule has 108 valence electrons. The van der Waals surface area contributed by atoms with Gasteiger partial charge in [0.1, 0.15) is 0 Å². The molecule has 1 fully saturated rings. The van der Waals surface area contributed by atoms with Crippen molar-refractivity contribution >= 4 is 5.97 Å². The van der Waals surface area contributed by atoms with Gasteiger partial charge in [-0.15, -0.1) is 0 Å². The van der Waals surface area contributed by atoms with Crippen LogP contribution in [0.5, 0.6) is 0 Å². The van der Waals surface area contributed by atoms with Crippen molar-refractivity contribution in [1.82, 2.24) is 5.32 Å². The summed E-state index contributed by atoms with van der Waals surface area (Å²) in [5, 5.41) is 12.8. The molecule has 4 heteroatoms. The summed E-state index contributed by atoms with van der Waals surface area (Å²) in [6.07, 6.45) is 3.59. The van der Waals surface area contributed by atoms with Crippen LogP contribution in [0, 0.1) is 5.92 Å². The number of ether oxygens (including phenoxy) is 1. The molecule has 3 rings (SSSR count). The Labute approximate surface area is 119 Å². The SMILES string of the molecule is O=C(O)C1CCCC(NC2COCc3ccccc32)C1. The number of rotatable bonds is 3. The molecule has 2 aliphatic rings. The number of aliphatic carboxylic acids is 1. The van der Waals surface area contributed by atoms with E-state index in [-0.39, 0.29) is 18.0 Å². The van der Waals surface area contributed by atoms with Gasteiger partial charge >= 0.3 is 5.97 Å². The van der Waals surface area contributed by atoms with E-state index in [1.807, 2.05) is 6.07 Å². The molecule has 20 heavy (non-hydrogen) atoms. The topological polar surface area (TPSA) is 58.6 Å². The van der Waals surface area contributed by atoms with Crippen molar-refractivity contribution in [2.24, 2.45) is 5.92 Å². The maximum absolute atomic E-state index is 11.1. The third-order valence-corrected chi connectivity index (χ3v) is 4.43. The zero-order valence-corrected chi connectivity index (χ0v) is 11.5. The molecule has 2 N–H and O–H groups in total. The fourth-order valence-electron chi connectivity index (χ4n) is 3.37. The molecule has 4 nitrogen and oxygen atoms in total. The van der Waals surface area contributed by atoms with Gasteiger partial charge < -0.3 is 15.2 Å². The van der Waals surface area contributed by atoms with Gasteiger partial charge in [-0.2, -0.15) is 0 Å². The predicted octanol–water partition coefficient (Wildman–Crippen LogP) is 2.49. The highest BCUT2D eigenvalue weighted by atomic mass is 16.5. The van der Waals surface area contributed by atoms with Crippen LogP contribution in [0.1, 0.15) is 42.9 Å². The van der Waals surface area contributed by atoms with E-state index < -0.39 is 5.97 Å². The summed E-state index contributed by atoms with van der Waals surface area (Å²) in [6.45, 7) is 1.35. The van der Waals surface area contributed by atoms with Crippen LogP contribution in [0.15, 0.2) is 24.3 Å². The van der Waals surface area contributed by atoms with Gasteiger partial charge in [0.25, 0.3) is 0 Å². The normalized spacial score (nSPS) is 29.7. The molecule has 0 amide bonds. The summed E-state index contributed by atoms with van der Waals surface area (Å²) in [5.41, 5.74) is 2.54. The van der Waals surface area contributed by atoms with Crippen molar-refractivity contribution in [2.75, 3.05) is 6.61 Å². The van der Waals surface area contributed by atoms with Gasteiger partial charge in [-0.1, -0.05) is 30.7 Å². The lowest BCUT2D eigenvalue weighted by atomic mass is 9.85. The molecule has 0 saturated heterocycles. The average molecular weight is 275 g/mol. The fraction of sp³-hybridized carbons (Fsp3) is 0.562. The van der Waals surface area contributed by atoms with E-state index in [0.29, 0.717) is 13.2 Å². The first-order valence-corrected chi connectivity index (χ1v) is 7.38. The highest BCUT2D eigenvalue weighted by Gasteiger charge is 2.29. The zero-order valence-electron chi connectivity index (χ0n) is 11.5. The van der Waals surface area contributed by atoms with E-state index in [1.54, 1.807) is 0 Å². The first kappa shape index (κ1) is 13.6. The van der Waals surface area contributed by atoms with Crippen molar-refractivity contribution in [3.63, 3.8) is 0 Å². The molecular weight excluding hydrogens is 254 g/mol. The molecule has 0 aromatic heterocycles. The summed E-state index contributed by atoms with van der Waals surface area (Å²) in [7, 11) is 0. The van der Waals surface area contributed by atoms with Gasteiger partial charge in [0, 0.05) is 6.04 Å². The minimum Gasteiger partial charge on any atom is -0.481 e. The lowest BCUT2D eigenvalue weighted by molar-refractivity contribution is -0.143. The number of benzene rings is 1. The van der Waals surface area contributed by atoms with Gasteiger partial charge in [-0.25, -0.2) is 0 Å². The summed E-state index contributed by atoms with van der Waals surface area (Å²) in [4.78, 5) is 11.1. The van der Waals surface area contributed by atoms with Crippen molar-refractivity contribution in [3.05, 3.63) is 35.4 Å². The Bertz CT molecular complexity index is 488. The van der Waals surface area contributed by atoms with Crippen molar-refractivity contribution < 1.29 is 14.6 Å².